The molecule has 0 aliphatic heterocycles. The van der Waals surface area contributed by atoms with Gasteiger partial charge < -0.3 is 5.32 Å². The maximum absolute atomic E-state index is 4.73. The first-order valence-corrected chi connectivity index (χ1v) is 8.42. The molecule has 1 N–H and O–H groups in total. The highest BCUT2D eigenvalue weighted by Crippen LogP contribution is 2.37. The molecule has 1 aromatic rings. The highest BCUT2D eigenvalue weighted by atomic mass is 14.9. The Hall–Kier alpha value is -0.890. The Morgan fingerprint density at radius 3 is 2.70 bits per heavy atom. The molecule has 2 heteroatoms. The van der Waals surface area contributed by atoms with Crippen molar-refractivity contribution in [1.29, 1.82) is 0 Å². The molecule has 0 saturated carbocycles. The van der Waals surface area contributed by atoms with Crippen LogP contribution < -0.4 is 5.32 Å². The van der Waals surface area contributed by atoms with E-state index in [4.69, 9.17) is 4.98 Å². The summed E-state index contributed by atoms with van der Waals surface area (Å²) in [5.41, 5.74) is 2.85. The first kappa shape index (κ1) is 15.5. The van der Waals surface area contributed by atoms with E-state index >= 15 is 0 Å². The molecular formula is C18H30N2. The fourth-order valence-corrected chi connectivity index (χ4v) is 4.01. The minimum Gasteiger partial charge on any atom is -0.316 e. The van der Waals surface area contributed by atoms with Gasteiger partial charge in [0.15, 0.2) is 0 Å². The number of fused-ring (bicyclic) bond motifs is 1. The third kappa shape index (κ3) is 3.41. The smallest absolute Gasteiger partial charge is 0.0482 e. The van der Waals surface area contributed by atoms with E-state index in [-0.39, 0.29) is 0 Å². The van der Waals surface area contributed by atoms with Gasteiger partial charge in [-0.2, -0.15) is 0 Å². The Morgan fingerprint density at radius 1 is 1.30 bits per heavy atom. The Morgan fingerprint density at radius 2 is 2.05 bits per heavy atom. The quantitative estimate of drug-likeness (QED) is 0.801. The molecule has 2 atom stereocenters. The molecule has 2 rings (SSSR count). The number of hydrogen-bond acceptors (Lipinski definition) is 2. The van der Waals surface area contributed by atoms with Crippen LogP contribution in [0.1, 0.15) is 69.5 Å². The molecular weight excluding hydrogens is 244 g/mol. The molecule has 2 unspecified atom stereocenters. The van der Waals surface area contributed by atoms with Gasteiger partial charge >= 0.3 is 0 Å². The fraction of sp³-hybridized carbons (Fsp3) is 0.722. The molecule has 112 valence electrons. The molecule has 0 bridgehead atoms. The number of rotatable bonds is 7. The van der Waals surface area contributed by atoms with Crippen LogP contribution in [0, 0.1) is 5.92 Å². The third-order valence-corrected chi connectivity index (χ3v) is 4.83. The molecule has 0 spiro atoms. The third-order valence-electron chi connectivity index (χ3n) is 4.83. The minimum absolute atomic E-state index is 0.587. The normalized spacial score (nSPS) is 19.9. The Labute approximate surface area is 124 Å². The van der Waals surface area contributed by atoms with Gasteiger partial charge in [0.2, 0.25) is 0 Å². The molecule has 0 aromatic carbocycles. The Balaban J connectivity index is 2.23. The first-order chi connectivity index (χ1) is 9.81. The second-order valence-corrected chi connectivity index (χ2v) is 6.20. The fourth-order valence-electron chi connectivity index (χ4n) is 4.01. The van der Waals surface area contributed by atoms with Gasteiger partial charge in [0.1, 0.15) is 0 Å². The number of hydrogen-bond donors (Lipinski definition) is 1. The van der Waals surface area contributed by atoms with Crippen molar-refractivity contribution < 1.29 is 0 Å². The van der Waals surface area contributed by atoms with Crippen LogP contribution in [0.2, 0.25) is 0 Å². The Kier molecular flexibility index (Phi) is 6.03. The van der Waals surface area contributed by atoms with E-state index in [1.807, 2.05) is 6.20 Å². The summed E-state index contributed by atoms with van der Waals surface area (Å²) in [7, 11) is 2.14. The Bertz CT molecular complexity index is 396. The van der Waals surface area contributed by atoms with E-state index in [0.717, 1.165) is 5.92 Å². The van der Waals surface area contributed by atoms with E-state index in [1.54, 1.807) is 0 Å². The highest BCUT2D eigenvalue weighted by molar-refractivity contribution is 5.27. The van der Waals surface area contributed by atoms with Crippen molar-refractivity contribution in [1.82, 2.24) is 10.3 Å². The predicted molar refractivity (Wildman–Crippen MR) is 86.1 cm³/mol. The van der Waals surface area contributed by atoms with Crippen LogP contribution >= 0.6 is 0 Å². The number of nitrogens with one attached hydrogen (secondary N) is 1. The van der Waals surface area contributed by atoms with E-state index in [2.05, 4.69) is 38.3 Å². The lowest BCUT2D eigenvalue weighted by atomic mass is 9.75. The molecule has 1 aliphatic carbocycles. The molecule has 0 saturated heterocycles. The first-order valence-electron chi connectivity index (χ1n) is 8.42. The minimum atomic E-state index is 0.587. The summed E-state index contributed by atoms with van der Waals surface area (Å²) < 4.78 is 0. The van der Waals surface area contributed by atoms with Crippen LogP contribution in [0.4, 0.5) is 0 Å². The molecule has 0 radical (unpaired) electrons. The maximum Gasteiger partial charge on any atom is 0.0482 e. The van der Waals surface area contributed by atoms with E-state index in [0.29, 0.717) is 12.0 Å². The number of likely N-dealkylation sites (N-methyl/N-ethyl adjacent to an activating group) is 1. The zero-order valence-corrected chi connectivity index (χ0v) is 13.4. The number of nitrogens with zero attached hydrogens (tertiary/aromatic N) is 1. The summed E-state index contributed by atoms with van der Waals surface area (Å²) in [6.45, 7) is 4.62. The van der Waals surface area contributed by atoms with Gasteiger partial charge in [0.05, 0.1) is 0 Å². The van der Waals surface area contributed by atoms with Crippen molar-refractivity contribution in [2.75, 3.05) is 7.05 Å². The van der Waals surface area contributed by atoms with Gasteiger partial charge in [-0.25, -0.2) is 0 Å². The summed E-state index contributed by atoms with van der Waals surface area (Å²) in [6, 6.07) is 4.95. The van der Waals surface area contributed by atoms with Crippen LogP contribution in [-0.2, 0) is 6.42 Å². The van der Waals surface area contributed by atoms with Gasteiger partial charge in [-0.15, -0.1) is 0 Å². The topological polar surface area (TPSA) is 24.9 Å². The van der Waals surface area contributed by atoms with Crippen LogP contribution in [-0.4, -0.2) is 18.1 Å². The molecule has 1 heterocycles. The highest BCUT2D eigenvalue weighted by Gasteiger charge is 2.32. The zero-order valence-electron chi connectivity index (χ0n) is 13.4. The lowest BCUT2D eigenvalue weighted by molar-refractivity contribution is 0.266. The van der Waals surface area contributed by atoms with Crippen molar-refractivity contribution in [2.45, 2.75) is 70.8 Å². The lowest BCUT2D eigenvalue weighted by Gasteiger charge is -2.36. The van der Waals surface area contributed by atoms with Gasteiger partial charge in [-0.3, -0.25) is 4.98 Å². The standard InChI is InChI=1S/C18H30N2/c1-4-8-14(9-5-2)17(19-3)16-12-6-10-15-11-7-13-20-18(15)16/h7,11,13-14,16-17,19H,4-6,8-10,12H2,1-3H3. The second-order valence-electron chi connectivity index (χ2n) is 6.20. The number of aromatic nitrogens is 1. The number of pyridine rings is 1. The second kappa shape index (κ2) is 7.78. The lowest BCUT2D eigenvalue weighted by Crippen LogP contribution is -2.40. The van der Waals surface area contributed by atoms with Gasteiger partial charge in [0, 0.05) is 23.9 Å². The summed E-state index contributed by atoms with van der Waals surface area (Å²) in [5.74, 6) is 1.39. The van der Waals surface area contributed by atoms with Gasteiger partial charge in [0.25, 0.3) is 0 Å². The zero-order chi connectivity index (χ0) is 14.4. The van der Waals surface area contributed by atoms with Crippen LogP contribution in [0.5, 0.6) is 0 Å². The number of aryl methyl sites for hydroxylation is 1. The van der Waals surface area contributed by atoms with Crippen molar-refractivity contribution in [3.63, 3.8) is 0 Å². The average Bonchev–Trinajstić information content (AvgIpc) is 2.49. The van der Waals surface area contributed by atoms with Crippen LogP contribution in [0.25, 0.3) is 0 Å². The monoisotopic (exact) mass is 274 g/mol. The molecule has 1 aliphatic rings. The molecule has 2 nitrogen and oxygen atoms in total. The SMILES string of the molecule is CCCC(CCC)C(NC)C1CCCc2cccnc21. The van der Waals surface area contributed by atoms with E-state index < -0.39 is 0 Å². The summed E-state index contributed by atoms with van der Waals surface area (Å²) in [4.78, 5) is 4.73. The molecule has 0 fully saturated rings. The van der Waals surface area contributed by atoms with Crippen LogP contribution in [0.3, 0.4) is 0 Å². The van der Waals surface area contributed by atoms with E-state index in [1.165, 1.54) is 56.2 Å². The van der Waals surface area contributed by atoms with Gasteiger partial charge in [-0.1, -0.05) is 32.8 Å². The summed E-state index contributed by atoms with van der Waals surface area (Å²) in [6.07, 6.45) is 11.0. The molecule has 1 aromatic heterocycles. The summed E-state index contributed by atoms with van der Waals surface area (Å²) >= 11 is 0. The maximum atomic E-state index is 4.73. The van der Waals surface area contributed by atoms with Crippen molar-refractivity contribution >= 4 is 0 Å². The van der Waals surface area contributed by atoms with Crippen molar-refractivity contribution in [2.24, 2.45) is 5.92 Å². The molecule has 20 heavy (non-hydrogen) atoms. The van der Waals surface area contributed by atoms with Crippen molar-refractivity contribution in [3.05, 3.63) is 29.6 Å². The largest absolute Gasteiger partial charge is 0.316 e. The van der Waals surface area contributed by atoms with Gasteiger partial charge in [-0.05, 0) is 56.7 Å². The van der Waals surface area contributed by atoms with Crippen LogP contribution in [0.15, 0.2) is 18.3 Å². The van der Waals surface area contributed by atoms with Crippen molar-refractivity contribution in [3.8, 4) is 0 Å². The molecule has 0 amide bonds. The van der Waals surface area contributed by atoms with E-state index in [9.17, 15) is 0 Å². The average molecular weight is 274 g/mol. The summed E-state index contributed by atoms with van der Waals surface area (Å²) in [5, 5.41) is 3.64. The predicted octanol–water partition coefficient (Wildman–Crippen LogP) is 4.31.